The van der Waals surface area contributed by atoms with Gasteiger partial charge in [-0.3, -0.25) is 4.79 Å². The van der Waals surface area contributed by atoms with Gasteiger partial charge in [-0.1, -0.05) is 31.9 Å². The van der Waals surface area contributed by atoms with Crippen molar-refractivity contribution in [3.63, 3.8) is 0 Å². The largest absolute Gasteiger partial charge is 0.459 e. The van der Waals surface area contributed by atoms with Crippen LogP contribution in [-0.4, -0.2) is 24.6 Å². The summed E-state index contributed by atoms with van der Waals surface area (Å²) in [5.41, 5.74) is 3.13. The van der Waals surface area contributed by atoms with Crippen molar-refractivity contribution in [3.05, 3.63) is 45.3 Å². The lowest BCUT2D eigenvalue weighted by Crippen LogP contribution is -2.39. The first kappa shape index (κ1) is 22.3. The average molecular weight is 472 g/mol. The Morgan fingerprint density at radius 2 is 1.82 bits per heavy atom. The quantitative estimate of drug-likeness (QED) is 0.583. The number of dihydropyridines is 1. The molecule has 7 heteroatoms. The fourth-order valence-corrected chi connectivity index (χ4v) is 5.83. The van der Waals surface area contributed by atoms with Gasteiger partial charge in [-0.25, -0.2) is 4.79 Å². The highest BCUT2D eigenvalue weighted by Crippen LogP contribution is 2.50. The van der Waals surface area contributed by atoms with Gasteiger partial charge in [0, 0.05) is 40.4 Å². The number of ether oxygens (including phenoxy) is 3. The summed E-state index contributed by atoms with van der Waals surface area (Å²) in [5.74, 6) is 0.173. The molecule has 1 saturated carbocycles. The molecule has 2 aliphatic heterocycles. The Morgan fingerprint density at radius 1 is 1.12 bits per heavy atom. The number of nitrogens with one attached hydrogen (secondary N) is 1. The molecule has 2 heterocycles. The summed E-state index contributed by atoms with van der Waals surface area (Å²) >= 11 is 6.72. The topological polar surface area (TPSA) is 73.9 Å². The minimum absolute atomic E-state index is 0.0305. The lowest BCUT2D eigenvalue weighted by atomic mass is 9.68. The molecule has 2 aliphatic carbocycles. The first-order chi connectivity index (χ1) is 15.7. The Balaban J connectivity index is 1.60. The fourth-order valence-electron chi connectivity index (χ4n) is 5.57. The third kappa shape index (κ3) is 4.14. The summed E-state index contributed by atoms with van der Waals surface area (Å²) in [6.45, 7) is 6.17. The van der Waals surface area contributed by atoms with Gasteiger partial charge in [-0.2, -0.15) is 0 Å². The minimum Gasteiger partial charge on any atom is -0.459 e. The van der Waals surface area contributed by atoms with Gasteiger partial charge in [0.25, 0.3) is 0 Å². The number of benzene rings is 1. The number of esters is 1. The van der Waals surface area contributed by atoms with Gasteiger partial charge in [0.05, 0.1) is 5.57 Å². The molecule has 0 bridgehead atoms. The molecule has 176 valence electrons. The van der Waals surface area contributed by atoms with Crippen molar-refractivity contribution in [2.75, 3.05) is 6.79 Å². The van der Waals surface area contributed by atoms with Crippen LogP contribution in [0.5, 0.6) is 11.5 Å². The van der Waals surface area contributed by atoms with Crippen LogP contribution in [0.2, 0.25) is 5.02 Å². The van der Waals surface area contributed by atoms with Gasteiger partial charge in [0.2, 0.25) is 6.79 Å². The van der Waals surface area contributed by atoms with Crippen molar-refractivity contribution >= 4 is 23.4 Å². The monoisotopic (exact) mass is 471 g/mol. The van der Waals surface area contributed by atoms with E-state index in [0.29, 0.717) is 45.3 Å². The maximum atomic E-state index is 13.6. The Hall–Kier alpha value is -2.47. The van der Waals surface area contributed by atoms with Crippen molar-refractivity contribution in [2.45, 2.75) is 77.7 Å². The van der Waals surface area contributed by atoms with E-state index in [0.717, 1.165) is 37.8 Å². The molecule has 0 radical (unpaired) electrons. The predicted molar refractivity (Wildman–Crippen MR) is 124 cm³/mol. The predicted octanol–water partition coefficient (Wildman–Crippen LogP) is 5.55. The standard InChI is InChI=1S/C26H30ClNO5/c1-14-22(25(30)33-15-7-5-4-6-8-15)23(16-9-20-21(10-17(16)27)32-13-31-20)24-18(28-14)11-26(2,3)12-19(24)29/h9-10,15,23,28H,4-8,11-13H2,1-3H3/t23-/m0/s1. The van der Waals surface area contributed by atoms with Crippen LogP contribution in [0.4, 0.5) is 0 Å². The Kier molecular flexibility index (Phi) is 5.68. The van der Waals surface area contributed by atoms with E-state index < -0.39 is 5.92 Å². The average Bonchev–Trinajstić information content (AvgIpc) is 3.19. The number of hydrogen-bond acceptors (Lipinski definition) is 6. The molecule has 5 rings (SSSR count). The summed E-state index contributed by atoms with van der Waals surface area (Å²) in [4.78, 5) is 27.0. The van der Waals surface area contributed by atoms with Crippen LogP contribution in [-0.2, 0) is 14.3 Å². The third-order valence-corrected chi connectivity index (χ3v) is 7.42. The Bertz CT molecular complexity index is 1080. The summed E-state index contributed by atoms with van der Waals surface area (Å²) in [7, 11) is 0. The van der Waals surface area contributed by atoms with Gasteiger partial charge >= 0.3 is 5.97 Å². The molecular formula is C26H30ClNO5. The van der Waals surface area contributed by atoms with E-state index in [9.17, 15) is 9.59 Å². The molecule has 0 unspecified atom stereocenters. The van der Waals surface area contributed by atoms with Crippen LogP contribution >= 0.6 is 11.6 Å². The first-order valence-electron chi connectivity index (χ1n) is 11.8. The number of Topliss-reactive ketones (excluding diaryl/α,β-unsaturated/α-hetero) is 1. The number of ketones is 1. The summed E-state index contributed by atoms with van der Waals surface area (Å²) in [6.07, 6.45) is 6.10. The normalized spacial score (nSPS) is 24.5. The van der Waals surface area contributed by atoms with Crippen molar-refractivity contribution in [1.82, 2.24) is 5.32 Å². The van der Waals surface area contributed by atoms with E-state index in [-0.39, 0.29) is 30.1 Å². The third-order valence-electron chi connectivity index (χ3n) is 7.09. The highest BCUT2D eigenvalue weighted by molar-refractivity contribution is 6.32. The first-order valence-corrected chi connectivity index (χ1v) is 12.2. The second kappa shape index (κ2) is 8.39. The van der Waals surface area contributed by atoms with Crippen LogP contribution in [0.15, 0.2) is 34.7 Å². The molecule has 6 nitrogen and oxygen atoms in total. The van der Waals surface area contributed by atoms with Crippen LogP contribution in [0, 0.1) is 5.41 Å². The maximum absolute atomic E-state index is 13.6. The minimum atomic E-state index is -0.608. The van der Waals surface area contributed by atoms with E-state index in [1.807, 2.05) is 6.92 Å². The highest BCUT2D eigenvalue weighted by atomic mass is 35.5. The smallest absolute Gasteiger partial charge is 0.337 e. The molecule has 33 heavy (non-hydrogen) atoms. The zero-order valence-electron chi connectivity index (χ0n) is 19.4. The van der Waals surface area contributed by atoms with Gasteiger partial charge < -0.3 is 19.5 Å². The molecule has 1 fully saturated rings. The van der Waals surface area contributed by atoms with Crippen LogP contribution in [0.3, 0.4) is 0 Å². The van der Waals surface area contributed by atoms with Crippen molar-refractivity contribution in [2.24, 2.45) is 5.41 Å². The van der Waals surface area contributed by atoms with Gasteiger partial charge in [-0.15, -0.1) is 0 Å². The van der Waals surface area contributed by atoms with Crippen molar-refractivity contribution in [1.29, 1.82) is 0 Å². The number of fused-ring (bicyclic) bond motifs is 1. The molecule has 1 aromatic carbocycles. The van der Waals surface area contributed by atoms with Gasteiger partial charge in [-0.05, 0) is 56.1 Å². The number of rotatable bonds is 3. The number of carbonyl (C=O) groups is 2. The van der Waals surface area contributed by atoms with Gasteiger partial charge in [0.15, 0.2) is 17.3 Å². The second-order valence-electron chi connectivity index (χ2n) is 10.3. The lowest BCUT2D eigenvalue weighted by molar-refractivity contribution is -0.146. The number of hydrogen-bond donors (Lipinski definition) is 1. The number of allylic oxidation sites excluding steroid dienone is 3. The molecule has 1 N–H and O–H groups in total. The molecule has 0 spiro atoms. The molecule has 0 amide bonds. The zero-order valence-corrected chi connectivity index (χ0v) is 20.1. The van der Waals surface area contributed by atoms with Crippen molar-refractivity contribution < 1.29 is 23.8 Å². The SMILES string of the molecule is CC1=C(C(=O)OC2CCCCC2)[C@H](c2cc3c(cc2Cl)OCO3)C2=C(CC(C)(C)CC2=O)N1. The highest BCUT2D eigenvalue weighted by Gasteiger charge is 2.44. The molecule has 1 atom stereocenters. The van der Waals surface area contributed by atoms with E-state index in [4.69, 9.17) is 25.8 Å². The second-order valence-corrected chi connectivity index (χ2v) is 10.7. The Morgan fingerprint density at radius 3 is 2.55 bits per heavy atom. The molecule has 0 saturated heterocycles. The maximum Gasteiger partial charge on any atom is 0.337 e. The zero-order chi connectivity index (χ0) is 23.3. The van der Waals surface area contributed by atoms with Crippen molar-refractivity contribution in [3.8, 4) is 11.5 Å². The van der Waals surface area contributed by atoms with E-state index in [1.54, 1.807) is 12.1 Å². The van der Waals surface area contributed by atoms with Crippen LogP contribution in [0.25, 0.3) is 0 Å². The molecule has 0 aromatic heterocycles. The van der Waals surface area contributed by atoms with Crippen LogP contribution < -0.4 is 14.8 Å². The molecular weight excluding hydrogens is 442 g/mol. The fraction of sp³-hybridized carbons (Fsp3) is 0.538. The van der Waals surface area contributed by atoms with E-state index >= 15 is 0 Å². The van der Waals surface area contributed by atoms with E-state index in [2.05, 4.69) is 19.2 Å². The number of carbonyl (C=O) groups excluding carboxylic acids is 2. The summed E-state index contributed by atoms with van der Waals surface area (Å²) in [5, 5.41) is 3.82. The van der Waals surface area contributed by atoms with E-state index in [1.165, 1.54) is 6.42 Å². The Labute approximate surface area is 199 Å². The lowest BCUT2D eigenvalue weighted by Gasteiger charge is -2.40. The number of halogens is 1. The molecule has 4 aliphatic rings. The summed E-state index contributed by atoms with van der Waals surface area (Å²) in [6, 6.07) is 3.51. The van der Waals surface area contributed by atoms with Gasteiger partial charge in [0.1, 0.15) is 6.10 Å². The summed E-state index contributed by atoms with van der Waals surface area (Å²) < 4.78 is 17.0. The van der Waals surface area contributed by atoms with Crippen LogP contribution in [0.1, 0.15) is 77.2 Å². The molecule has 1 aromatic rings.